The van der Waals surface area contributed by atoms with Gasteiger partial charge in [0.25, 0.3) is 0 Å². The third kappa shape index (κ3) is 4.42. The van der Waals surface area contributed by atoms with Gasteiger partial charge in [-0.05, 0) is 48.5 Å². The van der Waals surface area contributed by atoms with Gasteiger partial charge in [-0.3, -0.25) is 4.79 Å². The fourth-order valence-electron chi connectivity index (χ4n) is 1.75. The van der Waals surface area contributed by atoms with Gasteiger partial charge in [-0.1, -0.05) is 0 Å². The molecule has 1 N–H and O–H groups in total. The van der Waals surface area contributed by atoms with Crippen LogP contribution in [0.5, 0.6) is 0 Å². The summed E-state index contributed by atoms with van der Waals surface area (Å²) in [7, 11) is 3.99. The van der Waals surface area contributed by atoms with Crippen LogP contribution in [0.2, 0.25) is 0 Å². The zero-order chi connectivity index (χ0) is 15.2. The van der Waals surface area contributed by atoms with E-state index in [0.29, 0.717) is 0 Å². The molecule has 0 saturated heterocycles. The molecule has 0 aliphatic carbocycles. The number of hydrogen-bond acceptors (Lipinski definition) is 4. The quantitative estimate of drug-likeness (QED) is 0.857. The number of nitrogens with zero attached hydrogens (tertiary/aromatic N) is 3. The molecule has 5 heteroatoms. The summed E-state index contributed by atoms with van der Waals surface area (Å²) >= 11 is 0. The molecule has 0 bridgehead atoms. The molecule has 0 unspecified atom stereocenters. The van der Waals surface area contributed by atoms with Crippen LogP contribution in [-0.2, 0) is 4.79 Å². The molecule has 0 aromatic heterocycles. The van der Waals surface area contributed by atoms with Crippen molar-refractivity contribution in [3.63, 3.8) is 0 Å². The second-order valence-corrected chi connectivity index (χ2v) is 4.84. The Hall–Kier alpha value is -2.69. The molecule has 0 saturated carbocycles. The number of amides is 1. The number of anilines is 2. The maximum Gasteiger partial charge on any atom is 0.221 e. The molecule has 108 valence electrons. The third-order valence-electron chi connectivity index (χ3n) is 2.83. The Morgan fingerprint density at radius 2 is 1.38 bits per heavy atom. The van der Waals surface area contributed by atoms with Crippen LogP contribution in [0.1, 0.15) is 6.92 Å². The fraction of sp³-hybridized carbons (Fsp3) is 0.188. The lowest BCUT2D eigenvalue weighted by atomic mass is 10.3. The standard InChI is InChI=1S/C16H18N4O/c1-12(21)17-13-4-6-14(7-5-13)18-19-15-8-10-16(11-9-15)20(2)3/h4-11H,1-3H3,(H,17,21)/b19-18+. The zero-order valence-corrected chi connectivity index (χ0v) is 12.4. The first-order chi connectivity index (χ1) is 10.0. The minimum absolute atomic E-state index is 0.0923. The molecule has 0 aliphatic heterocycles. The largest absolute Gasteiger partial charge is 0.378 e. The lowest BCUT2D eigenvalue weighted by Crippen LogP contribution is -2.07. The van der Waals surface area contributed by atoms with Crippen LogP contribution >= 0.6 is 0 Å². The SMILES string of the molecule is CC(=O)Nc1ccc(/N=N/c2ccc(N(C)C)cc2)cc1. The lowest BCUT2D eigenvalue weighted by molar-refractivity contribution is -0.114. The summed E-state index contributed by atoms with van der Waals surface area (Å²) in [5.41, 5.74) is 3.40. The summed E-state index contributed by atoms with van der Waals surface area (Å²) < 4.78 is 0. The highest BCUT2D eigenvalue weighted by Crippen LogP contribution is 2.22. The van der Waals surface area contributed by atoms with Crippen LogP contribution in [-0.4, -0.2) is 20.0 Å². The van der Waals surface area contributed by atoms with E-state index < -0.39 is 0 Å². The van der Waals surface area contributed by atoms with E-state index in [1.807, 2.05) is 55.4 Å². The molecule has 0 heterocycles. The van der Waals surface area contributed by atoms with Crippen LogP contribution in [0.4, 0.5) is 22.7 Å². The molecular formula is C16H18N4O. The minimum Gasteiger partial charge on any atom is -0.378 e. The van der Waals surface area contributed by atoms with Gasteiger partial charge in [0, 0.05) is 32.4 Å². The van der Waals surface area contributed by atoms with E-state index in [4.69, 9.17) is 0 Å². The molecule has 0 radical (unpaired) electrons. The maximum absolute atomic E-state index is 10.9. The number of azo groups is 1. The van der Waals surface area contributed by atoms with Crippen LogP contribution in [0.3, 0.4) is 0 Å². The van der Waals surface area contributed by atoms with Gasteiger partial charge in [0.1, 0.15) is 0 Å². The highest BCUT2D eigenvalue weighted by molar-refractivity contribution is 5.88. The molecule has 0 aliphatic rings. The molecule has 5 nitrogen and oxygen atoms in total. The average Bonchev–Trinajstić information content (AvgIpc) is 2.46. The van der Waals surface area contributed by atoms with Crippen molar-refractivity contribution in [2.75, 3.05) is 24.3 Å². The number of rotatable bonds is 4. The molecule has 2 aromatic carbocycles. The third-order valence-corrected chi connectivity index (χ3v) is 2.83. The van der Waals surface area contributed by atoms with E-state index in [1.54, 1.807) is 12.1 Å². The van der Waals surface area contributed by atoms with Crippen molar-refractivity contribution in [3.05, 3.63) is 48.5 Å². The number of benzene rings is 2. The maximum atomic E-state index is 10.9. The van der Waals surface area contributed by atoms with E-state index in [9.17, 15) is 4.79 Å². The van der Waals surface area contributed by atoms with Crippen molar-refractivity contribution < 1.29 is 4.79 Å². The van der Waals surface area contributed by atoms with Crippen LogP contribution in [0.15, 0.2) is 58.8 Å². The van der Waals surface area contributed by atoms with Gasteiger partial charge >= 0.3 is 0 Å². The van der Waals surface area contributed by atoms with E-state index in [-0.39, 0.29) is 5.91 Å². The topological polar surface area (TPSA) is 57.1 Å². The monoisotopic (exact) mass is 282 g/mol. The molecule has 21 heavy (non-hydrogen) atoms. The number of carbonyl (C=O) groups excluding carboxylic acids is 1. The average molecular weight is 282 g/mol. The molecule has 2 aromatic rings. The number of carbonyl (C=O) groups is 1. The van der Waals surface area contributed by atoms with E-state index in [0.717, 1.165) is 22.7 Å². The van der Waals surface area contributed by atoms with Gasteiger partial charge in [0.2, 0.25) is 5.91 Å². The highest BCUT2D eigenvalue weighted by atomic mass is 16.1. The second kappa shape index (κ2) is 6.65. The van der Waals surface area contributed by atoms with Crippen molar-refractivity contribution in [2.45, 2.75) is 6.92 Å². The first-order valence-electron chi connectivity index (χ1n) is 6.61. The predicted octanol–water partition coefficient (Wildman–Crippen LogP) is 4.13. The van der Waals surface area contributed by atoms with Crippen molar-refractivity contribution >= 4 is 28.7 Å². The fourth-order valence-corrected chi connectivity index (χ4v) is 1.75. The molecule has 0 fully saturated rings. The van der Waals surface area contributed by atoms with Gasteiger partial charge in [0.05, 0.1) is 11.4 Å². The number of hydrogen-bond donors (Lipinski definition) is 1. The summed E-state index contributed by atoms with van der Waals surface area (Å²) in [4.78, 5) is 13.0. The predicted molar refractivity (Wildman–Crippen MR) is 85.7 cm³/mol. The summed E-state index contributed by atoms with van der Waals surface area (Å²) in [6.45, 7) is 1.48. The summed E-state index contributed by atoms with van der Waals surface area (Å²) in [6, 6.07) is 15.0. The highest BCUT2D eigenvalue weighted by Gasteiger charge is 1.97. The summed E-state index contributed by atoms with van der Waals surface area (Å²) in [5, 5.41) is 11.1. The van der Waals surface area contributed by atoms with Gasteiger partial charge in [-0.2, -0.15) is 10.2 Å². The Bertz CT molecular complexity index is 630. The van der Waals surface area contributed by atoms with E-state index >= 15 is 0 Å². The Morgan fingerprint density at radius 1 is 0.905 bits per heavy atom. The van der Waals surface area contributed by atoms with E-state index in [1.165, 1.54) is 6.92 Å². The summed E-state index contributed by atoms with van der Waals surface area (Å²) in [6.07, 6.45) is 0. The van der Waals surface area contributed by atoms with Gasteiger partial charge < -0.3 is 10.2 Å². The molecule has 2 rings (SSSR count). The minimum atomic E-state index is -0.0923. The Morgan fingerprint density at radius 3 is 1.81 bits per heavy atom. The van der Waals surface area contributed by atoms with Crippen molar-refractivity contribution in [2.24, 2.45) is 10.2 Å². The molecule has 0 atom stereocenters. The summed E-state index contributed by atoms with van der Waals surface area (Å²) in [5.74, 6) is -0.0923. The zero-order valence-electron chi connectivity index (χ0n) is 12.4. The van der Waals surface area contributed by atoms with Gasteiger partial charge in [-0.15, -0.1) is 0 Å². The smallest absolute Gasteiger partial charge is 0.221 e. The Kier molecular flexibility index (Phi) is 4.66. The molecular weight excluding hydrogens is 264 g/mol. The van der Waals surface area contributed by atoms with Gasteiger partial charge in [-0.25, -0.2) is 0 Å². The van der Waals surface area contributed by atoms with Crippen molar-refractivity contribution in [3.8, 4) is 0 Å². The molecule has 0 spiro atoms. The van der Waals surface area contributed by atoms with Crippen molar-refractivity contribution in [1.29, 1.82) is 0 Å². The normalized spacial score (nSPS) is 10.6. The van der Waals surface area contributed by atoms with Gasteiger partial charge in [0.15, 0.2) is 0 Å². The number of nitrogens with one attached hydrogen (secondary N) is 1. The van der Waals surface area contributed by atoms with Crippen LogP contribution < -0.4 is 10.2 Å². The Labute approximate surface area is 124 Å². The van der Waals surface area contributed by atoms with E-state index in [2.05, 4.69) is 15.5 Å². The second-order valence-electron chi connectivity index (χ2n) is 4.84. The first kappa shape index (κ1) is 14.7. The Balaban J connectivity index is 2.05. The van der Waals surface area contributed by atoms with Crippen LogP contribution in [0.25, 0.3) is 0 Å². The lowest BCUT2D eigenvalue weighted by Gasteiger charge is -2.11. The van der Waals surface area contributed by atoms with Crippen LogP contribution in [0, 0.1) is 0 Å². The molecule has 1 amide bonds. The first-order valence-corrected chi connectivity index (χ1v) is 6.61. The van der Waals surface area contributed by atoms with Crippen molar-refractivity contribution in [1.82, 2.24) is 0 Å².